The first kappa shape index (κ1) is 20.6. The molecule has 0 aromatic heterocycles. The molecule has 7 atom stereocenters. The van der Waals surface area contributed by atoms with Crippen molar-refractivity contribution in [3.63, 3.8) is 0 Å². The number of aliphatic carboxylic acids is 1. The third kappa shape index (κ3) is 3.63. The lowest BCUT2D eigenvalue weighted by molar-refractivity contribution is -0.163. The van der Waals surface area contributed by atoms with Crippen molar-refractivity contribution in [3.05, 3.63) is 10.6 Å². The van der Waals surface area contributed by atoms with Gasteiger partial charge in [-0.05, 0) is 33.4 Å². The Hall–Kier alpha value is -1.13. The van der Waals surface area contributed by atoms with Crippen LogP contribution in [0.2, 0.25) is 0 Å². The van der Waals surface area contributed by atoms with Crippen molar-refractivity contribution in [1.82, 2.24) is 15.5 Å². The summed E-state index contributed by atoms with van der Waals surface area (Å²) in [4.78, 5) is 26.3. The summed E-state index contributed by atoms with van der Waals surface area (Å²) in [7, 11) is 1.85. The number of thioether (sulfide) groups is 1. The molecule has 2 saturated heterocycles. The van der Waals surface area contributed by atoms with Crippen molar-refractivity contribution in [2.24, 2.45) is 11.8 Å². The summed E-state index contributed by atoms with van der Waals surface area (Å²) in [5.74, 6) is -2.06. The molecule has 0 radical (unpaired) electrons. The third-order valence-electron chi connectivity index (χ3n) is 5.88. The van der Waals surface area contributed by atoms with Gasteiger partial charge in [0.05, 0.1) is 24.2 Å². The number of fused-ring (bicyclic) bond motifs is 1. The first-order chi connectivity index (χ1) is 12.8. The molecule has 3 aliphatic heterocycles. The van der Waals surface area contributed by atoms with E-state index in [9.17, 15) is 24.9 Å². The maximum atomic E-state index is 12.4. The van der Waals surface area contributed by atoms with Gasteiger partial charge in [0.1, 0.15) is 5.70 Å². The minimum Gasteiger partial charge on any atom is -0.477 e. The number of amides is 1. The maximum Gasteiger partial charge on any atom is 0.353 e. The summed E-state index contributed by atoms with van der Waals surface area (Å²) in [6.07, 6.45) is 0.168. The molecule has 5 N–H and O–H groups in total. The molecule has 0 unspecified atom stereocenters. The van der Waals surface area contributed by atoms with Gasteiger partial charge in [-0.25, -0.2) is 4.79 Å². The van der Waals surface area contributed by atoms with E-state index in [1.54, 1.807) is 6.92 Å². The first-order valence-corrected chi connectivity index (χ1v) is 10.4. The summed E-state index contributed by atoms with van der Waals surface area (Å²) in [6.45, 7) is 4.94. The SMILES string of the molecule is CNCC[C@@H](O)[C@@H]1C[C@@H](SC2=C(C(=O)O)N3C(=O)[C@H]([C@@H](C)O)[C@H]3[C@H]2C)CN1. The van der Waals surface area contributed by atoms with E-state index >= 15 is 0 Å². The highest BCUT2D eigenvalue weighted by Crippen LogP contribution is 2.51. The van der Waals surface area contributed by atoms with Gasteiger partial charge < -0.3 is 30.9 Å². The van der Waals surface area contributed by atoms with E-state index in [0.29, 0.717) is 17.9 Å². The van der Waals surface area contributed by atoms with Crippen LogP contribution in [0.4, 0.5) is 0 Å². The Morgan fingerprint density at radius 3 is 2.74 bits per heavy atom. The van der Waals surface area contributed by atoms with Gasteiger partial charge in [0, 0.05) is 28.7 Å². The Morgan fingerprint density at radius 2 is 2.15 bits per heavy atom. The van der Waals surface area contributed by atoms with Crippen molar-refractivity contribution in [2.45, 2.75) is 56.2 Å². The Bertz CT molecular complexity index is 640. The van der Waals surface area contributed by atoms with Crippen LogP contribution in [0, 0.1) is 11.8 Å². The number of aliphatic hydroxyl groups is 2. The van der Waals surface area contributed by atoms with Crippen LogP contribution in [0.1, 0.15) is 26.7 Å². The smallest absolute Gasteiger partial charge is 0.353 e. The van der Waals surface area contributed by atoms with E-state index < -0.39 is 24.1 Å². The highest BCUT2D eigenvalue weighted by Gasteiger charge is 2.60. The van der Waals surface area contributed by atoms with Crippen molar-refractivity contribution >= 4 is 23.6 Å². The van der Waals surface area contributed by atoms with E-state index in [2.05, 4.69) is 10.6 Å². The van der Waals surface area contributed by atoms with Gasteiger partial charge in [-0.2, -0.15) is 0 Å². The minimum absolute atomic E-state index is 0.00897. The van der Waals surface area contributed by atoms with E-state index in [1.165, 1.54) is 16.7 Å². The van der Waals surface area contributed by atoms with Crippen LogP contribution in [0.3, 0.4) is 0 Å². The molecule has 9 heteroatoms. The summed E-state index contributed by atoms with van der Waals surface area (Å²) in [5, 5.41) is 36.4. The molecule has 0 saturated carbocycles. The zero-order valence-electron chi connectivity index (χ0n) is 15.9. The molecule has 0 aromatic rings. The van der Waals surface area contributed by atoms with Crippen LogP contribution < -0.4 is 10.6 Å². The lowest BCUT2D eigenvalue weighted by Crippen LogP contribution is -2.63. The van der Waals surface area contributed by atoms with Crippen LogP contribution in [0.15, 0.2) is 10.6 Å². The number of aliphatic hydroxyl groups excluding tert-OH is 2. The molecule has 0 bridgehead atoms. The molecule has 2 fully saturated rings. The fourth-order valence-electron chi connectivity index (χ4n) is 4.47. The summed E-state index contributed by atoms with van der Waals surface area (Å²) in [6, 6.07) is -0.289. The third-order valence-corrected chi connectivity index (χ3v) is 7.40. The Morgan fingerprint density at radius 1 is 1.44 bits per heavy atom. The number of hydrogen-bond donors (Lipinski definition) is 5. The van der Waals surface area contributed by atoms with Gasteiger partial charge >= 0.3 is 5.97 Å². The zero-order valence-corrected chi connectivity index (χ0v) is 16.7. The fraction of sp³-hybridized carbons (Fsp3) is 0.778. The number of carbonyl (C=O) groups is 2. The van der Waals surface area contributed by atoms with Gasteiger partial charge in [-0.1, -0.05) is 6.92 Å². The number of carboxylic acid groups (broad SMARTS) is 1. The minimum atomic E-state index is -1.10. The predicted octanol–water partition coefficient (Wildman–Crippen LogP) is -0.426. The number of rotatable bonds is 8. The molecule has 0 aromatic carbocycles. The number of β-lactam (4-membered cyclic amide) rings is 1. The highest BCUT2D eigenvalue weighted by atomic mass is 32.2. The van der Waals surface area contributed by atoms with Gasteiger partial charge in [-0.15, -0.1) is 11.8 Å². The quantitative estimate of drug-likeness (QED) is 0.349. The van der Waals surface area contributed by atoms with Gasteiger partial charge in [0.25, 0.3) is 0 Å². The van der Waals surface area contributed by atoms with Gasteiger partial charge in [-0.3, -0.25) is 4.79 Å². The van der Waals surface area contributed by atoms with E-state index in [1.807, 2.05) is 14.0 Å². The van der Waals surface area contributed by atoms with Crippen LogP contribution in [-0.4, -0.2) is 81.8 Å². The molecule has 3 heterocycles. The first-order valence-electron chi connectivity index (χ1n) is 9.49. The summed E-state index contributed by atoms with van der Waals surface area (Å²) >= 11 is 1.50. The number of nitrogens with one attached hydrogen (secondary N) is 2. The molecule has 27 heavy (non-hydrogen) atoms. The lowest BCUT2D eigenvalue weighted by atomic mass is 9.79. The number of carbonyl (C=O) groups excluding carboxylic acids is 1. The molecule has 3 rings (SSSR count). The van der Waals surface area contributed by atoms with Crippen molar-refractivity contribution in [1.29, 1.82) is 0 Å². The monoisotopic (exact) mass is 399 g/mol. The molecular weight excluding hydrogens is 370 g/mol. The molecule has 8 nitrogen and oxygen atoms in total. The number of hydrogen-bond acceptors (Lipinski definition) is 7. The zero-order chi connectivity index (χ0) is 19.9. The second-order valence-corrected chi connectivity index (χ2v) is 9.06. The van der Waals surface area contributed by atoms with Crippen molar-refractivity contribution in [2.75, 3.05) is 20.1 Å². The topological polar surface area (TPSA) is 122 Å². The van der Waals surface area contributed by atoms with Crippen LogP contribution >= 0.6 is 11.8 Å². The number of carboxylic acids is 1. The Kier molecular flexibility index (Phi) is 6.17. The second kappa shape index (κ2) is 8.08. The highest BCUT2D eigenvalue weighted by molar-refractivity contribution is 8.03. The van der Waals surface area contributed by atoms with E-state index in [-0.39, 0.29) is 34.9 Å². The summed E-state index contributed by atoms with van der Waals surface area (Å²) in [5.41, 5.74) is 0.0681. The van der Waals surface area contributed by atoms with Crippen LogP contribution in [0.25, 0.3) is 0 Å². The maximum absolute atomic E-state index is 12.4. The predicted molar refractivity (Wildman–Crippen MR) is 102 cm³/mol. The molecule has 3 aliphatic rings. The van der Waals surface area contributed by atoms with Crippen LogP contribution in [0.5, 0.6) is 0 Å². The second-order valence-electron chi connectivity index (χ2n) is 7.72. The van der Waals surface area contributed by atoms with Gasteiger partial charge in [0.2, 0.25) is 5.91 Å². The Balaban J connectivity index is 1.71. The van der Waals surface area contributed by atoms with Crippen molar-refractivity contribution in [3.8, 4) is 0 Å². The van der Waals surface area contributed by atoms with E-state index in [0.717, 1.165) is 13.0 Å². The summed E-state index contributed by atoms with van der Waals surface area (Å²) < 4.78 is 0. The fourth-order valence-corrected chi connectivity index (χ4v) is 5.96. The van der Waals surface area contributed by atoms with Crippen molar-refractivity contribution < 1.29 is 24.9 Å². The average Bonchev–Trinajstić information content (AvgIpc) is 3.15. The standard InChI is InChI=1S/C18H29N3O5S/c1-8-14-13(9(2)22)17(24)21(14)15(18(25)26)16(8)27-10-6-11(20-7-10)12(23)4-5-19-3/h8-14,19-20,22-23H,4-7H2,1-3H3,(H,25,26)/t8-,9-,10-,11+,12-,13-,14-/m1/s1. The average molecular weight is 400 g/mol. The molecule has 1 amide bonds. The van der Waals surface area contributed by atoms with Gasteiger partial charge in [0.15, 0.2) is 0 Å². The number of nitrogens with zero attached hydrogens (tertiary/aromatic N) is 1. The Labute approximate surface area is 163 Å². The largest absolute Gasteiger partial charge is 0.477 e. The normalized spacial score (nSPS) is 35.2. The molecule has 152 valence electrons. The molecule has 0 aliphatic carbocycles. The van der Waals surface area contributed by atoms with E-state index in [4.69, 9.17) is 0 Å². The molecular formula is C18H29N3O5S. The van der Waals surface area contributed by atoms with Crippen LogP contribution in [-0.2, 0) is 9.59 Å². The molecule has 0 spiro atoms. The lowest BCUT2D eigenvalue weighted by Gasteiger charge is -2.46.